The third-order valence-corrected chi connectivity index (χ3v) is 2.66. The molecule has 0 amide bonds. The Kier molecular flexibility index (Phi) is 8.87. The van der Waals surface area contributed by atoms with Gasteiger partial charge in [-0.25, -0.2) is 19.1 Å². The van der Waals surface area contributed by atoms with Crippen molar-refractivity contribution in [2.24, 2.45) is 0 Å². The lowest BCUT2D eigenvalue weighted by Crippen LogP contribution is -2.57. The quantitative estimate of drug-likeness (QED) is 0.233. The Hall–Kier alpha value is -2.36. The van der Waals surface area contributed by atoms with E-state index in [4.69, 9.17) is 0 Å². The van der Waals surface area contributed by atoms with E-state index in [0.29, 0.717) is 6.08 Å². The van der Waals surface area contributed by atoms with Gasteiger partial charge in [-0.3, -0.25) is 0 Å². The van der Waals surface area contributed by atoms with Gasteiger partial charge in [0, 0.05) is 12.2 Å². The third-order valence-electron chi connectivity index (χ3n) is 2.66. The van der Waals surface area contributed by atoms with Gasteiger partial charge in [0.15, 0.2) is 6.61 Å². The zero-order chi connectivity index (χ0) is 24.0. The predicted octanol–water partition coefficient (Wildman–Crippen LogP) is 3.87. The lowest BCUT2D eigenvalue weighted by atomic mass is 10.3. The number of halogens is 10. The number of carbonyl (C=O) groups excluding carboxylic acids is 2. The minimum Gasteiger partial charge on any atom is -0.462 e. The molecule has 16 heteroatoms. The van der Waals surface area contributed by atoms with Crippen LogP contribution in [0.15, 0.2) is 25.3 Å². The molecule has 0 aromatic heterocycles. The number of carbonyl (C=O) groups is 2. The lowest BCUT2D eigenvalue weighted by molar-refractivity contribution is -0.529. The highest BCUT2D eigenvalue weighted by molar-refractivity contribution is 5.81. The summed E-state index contributed by atoms with van der Waals surface area (Å²) in [5.41, 5.74) is 0. The van der Waals surface area contributed by atoms with Crippen molar-refractivity contribution in [3.63, 3.8) is 0 Å². The maximum absolute atomic E-state index is 13.3. The van der Waals surface area contributed by atoms with Crippen LogP contribution in [0.4, 0.5) is 43.9 Å². The summed E-state index contributed by atoms with van der Waals surface area (Å²) in [5, 5.41) is 0. The molecule has 0 bridgehead atoms. The van der Waals surface area contributed by atoms with Crippen LogP contribution in [0.1, 0.15) is 6.42 Å². The summed E-state index contributed by atoms with van der Waals surface area (Å²) in [5.74, 6) is -8.81. The first-order valence-electron chi connectivity index (χ1n) is 7.20. The number of esters is 2. The normalized spacial score (nSPS) is 13.5. The van der Waals surface area contributed by atoms with Crippen LogP contribution in [0, 0.1) is 0 Å². The predicted molar refractivity (Wildman–Crippen MR) is 73.8 cm³/mol. The van der Waals surface area contributed by atoms with E-state index in [1.54, 1.807) is 0 Å². The molecule has 0 aromatic carbocycles. The molecule has 0 aliphatic carbocycles. The molecular weight excluding hydrogens is 454 g/mol. The van der Waals surface area contributed by atoms with Crippen molar-refractivity contribution in [1.29, 1.82) is 0 Å². The van der Waals surface area contributed by atoms with E-state index in [1.807, 2.05) is 0 Å². The topological polar surface area (TPSA) is 71.1 Å². The van der Waals surface area contributed by atoms with Crippen molar-refractivity contribution in [3.05, 3.63) is 25.3 Å². The van der Waals surface area contributed by atoms with Crippen molar-refractivity contribution in [2.75, 3.05) is 13.2 Å². The van der Waals surface area contributed by atoms with Crippen molar-refractivity contribution in [1.82, 2.24) is 0 Å². The van der Waals surface area contributed by atoms with E-state index >= 15 is 0 Å². The highest BCUT2D eigenvalue weighted by Crippen LogP contribution is 2.47. The molecule has 0 saturated carbocycles. The van der Waals surface area contributed by atoms with Gasteiger partial charge in [0.25, 0.3) is 0 Å². The monoisotopic (exact) mass is 466 g/mol. The Morgan fingerprint density at radius 3 is 1.60 bits per heavy atom. The summed E-state index contributed by atoms with van der Waals surface area (Å²) >= 11 is 0. The molecule has 0 aliphatic rings. The molecule has 0 aliphatic heterocycles. The molecule has 0 spiro atoms. The van der Waals surface area contributed by atoms with Crippen LogP contribution < -0.4 is 0 Å². The van der Waals surface area contributed by atoms with Crippen molar-refractivity contribution < 1.29 is 72.4 Å². The van der Waals surface area contributed by atoms with E-state index in [2.05, 4.69) is 32.1 Å². The Balaban J connectivity index is 5.27. The smallest absolute Gasteiger partial charge is 0.453 e. The fourth-order valence-corrected chi connectivity index (χ4v) is 1.23. The second-order valence-corrected chi connectivity index (χ2v) is 5.03. The fourth-order valence-electron chi connectivity index (χ4n) is 1.23. The average molecular weight is 466 g/mol. The molecule has 0 atom stereocenters. The third kappa shape index (κ3) is 7.81. The van der Waals surface area contributed by atoms with Gasteiger partial charge >= 0.3 is 42.3 Å². The van der Waals surface area contributed by atoms with Gasteiger partial charge in [0.2, 0.25) is 0 Å². The van der Waals surface area contributed by atoms with E-state index in [1.165, 1.54) is 0 Å². The molecule has 0 N–H and O–H groups in total. The Bertz CT molecular complexity index is 649. The minimum atomic E-state index is -6.73. The Morgan fingerprint density at radius 1 is 0.700 bits per heavy atom. The first-order valence-corrected chi connectivity index (χ1v) is 7.20. The van der Waals surface area contributed by atoms with Gasteiger partial charge in [-0.1, -0.05) is 13.2 Å². The molecule has 174 valence electrons. The number of alkyl halides is 10. The van der Waals surface area contributed by atoms with Crippen LogP contribution in [0.25, 0.3) is 0 Å². The summed E-state index contributed by atoms with van der Waals surface area (Å²) in [7, 11) is 0. The van der Waals surface area contributed by atoms with Crippen LogP contribution in [-0.2, 0) is 28.5 Å². The average Bonchev–Trinajstić information content (AvgIpc) is 2.57. The Morgan fingerprint density at radius 2 is 1.13 bits per heavy atom. The van der Waals surface area contributed by atoms with Gasteiger partial charge in [0.1, 0.15) is 0 Å². The summed E-state index contributed by atoms with van der Waals surface area (Å²) in [6.07, 6.45) is -26.2. The molecule has 30 heavy (non-hydrogen) atoms. The SMILES string of the molecule is C=CC(=O)OCCC(F)(F)OC(F)(F)C(F)(F)OC(F)(F)C(F)(F)COC(=O)C=C. The molecule has 0 aromatic rings. The fraction of sp³-hybridized carbons (Fsp3) is 0.571. The first-order chi connectivity index (χ1) is 13.3. The van der Waals surface area contributed by atoms with Crippen LogP contribution in [-0.4, -0.2) is 55.5 Å². The van der Waals surface area contributed by atoms with Gasteiger partial charge in [-0.05, 0) is 0 Å². The van der Waals surface area contributed by atoms with Gasteiger partial charge in [0.05, 0.1) is 13.0 Å². The van der Waals surface area contributed by atoms with Crippen molar-refractivity contribution in [3.8, 4) is 0 Å². The zero-order valence-corrected chi connectivity index (χ0v) is 14.4. The highest BCUT2D eigenvalue weighted by atomic mass is 19.3. The van der Waals surface area contributed by atoms with Crippen LogP contribution in [0.2, 0.25) is 0 Å². The molecule has 6 nitrogen and oxygen atoms in total. The maximum atomic E-state index is 13.3. The molecular formula is C14H12F10O6. The molecule has 0 unspecified atom stereocenters. The molecule has 0 rings (SSSR count). The summed E-state index contributed by atoms with van der Waals surface area (Å²) in [6, 6.07) is 0. The van der Waals surface area contributed by atoms with Gasteiger partial charge in [-0.2, -0.15) is 43.9 Å². The number of hydrogen-bond donors (Lipinski definition) is 0. The molecule has 0 heterocycles. The lowest BCUT2D eigenvalue weighted by Gasteiger charge is -2.33. The first kappa shape index (κ1) is 27.6. The van der Waals surface area contributed by atoms with Crippen molar-refractivity contribution in [2.45, 2.75) is 36.8 Å². The standard InChI is InChI=1S/C14H12F10O6/c1-3-8(25)27-6-5-11(17,18)29-13(21,22)14(23,24)30-12(19,20)10(15,16)7-28-9(26)4-2/h3-4H,1-2,5-7H2. The zero-order valence-electron chi connectivity index (χ0n) is 14.4. The summed E-state index contributed by atoms with van der Waals surface area (Å²) in [6.45, 7) is 1.59. The second kappa shape index (κ2) is 9.63. The number of rotatable bonds is 13. The minimum absolute atomic E-state index is 0.222. The van der Waals surface area contributed by atoms with E-state index < -0.39 is 61.9 Å². The largest absolute Gasteiger partial charge is 0.462 e. The number of ether oxygens (including phenoxy) is 4. The second-order valence-electron chi connectivity index (χ2n) is 5.03. The Labute approximate surface area is 161 Å². The molecule has 0 fully saturated rings. The van der Waals surface area contributed by atoms with Crippen LogP contribution >= 0.6 is 0 Å². The van der Waals surface area contributed by atoms with E-state index in [0.717, 1.165) is 0 Å². The van der Waals surface area contributed by atoms with E-state index in [9.17, 15) is 53.5 Å². The van der Waals surface area contributed by atoms with Gasteiger partial charge in [-0.15, -0.1) is 0 Å². The van der Waals surface area contributed by atoms with Crippen molar-refractivity contribution >= 4 is 11.9 Å². The highest BCUT2D eigenvalue weighted by Gasteiger charge is 2.72. The molecule has 0 saturated heterocycles. The van der Waals surface area contributed by atoms with Gasteiger partial charge < -0.3 is 9.47 Å². The molecule has 0 radical (unpaired) electrons. The van der Waals surface area contributed by atoms with Crippen LogP contribution in [0.3, 0.4) is 0 Å². The number of hydrogen-bond acceptors (Lipinski definition) is 6. The van der Waals surface area contributed by atoms with E-state index in [-0.39, 0.29) is 6.08 Å². The summed E-state index contributed by atoms with van der Waals surface area (Å²) < 4.78 is 144. The van der Waals surface area contributed by atoms with Crippen LogP contribution in [0.5, 0.6) is 0 Å². The maximum Gasteiger partial charge on any atom is 0.453 e. The summed E-state index contributed by atoms with van der Waals surface area (Å²) in [4.78, 5) is 21.2.